The van der Waals surface area contributed by atoms with E-state index >= 15 is 0 Å². The minimum atomic E-state index is -0.443. The Kier molecular flexibility index (Phi) is 4.33. The Morgan fingerprint density at radius 2 is 2.31 bits per heavy atom. The van der Waals surface area contributed by atoms with E-state index in [1.54, 1.807) is 20.1 Å². The van der Waals surface area contributed by atoms with Crippen LogP contribution in [0.3, 0.4) is 0 Å². The van der Waals surface area contributed by atoms with Gasteiger partial charge in [0.15, 0.2) is 0 Å². The van der Waals surface area contributed by atoms with Crippen LogP contribution in [0.25, 0.3) is 0 Å². The van der Waals surface area contributed by atoms with Gasteiger partial charge in [-0.3, -0.25) is 15.1 Å². The van der Waals surface area contributed by atoms with Gasteiger partial charge < -0.3 is 10.5 Å². The first kappa shape index (κ1) is 12.5. The summed E-state index contributed by atoms with van der Waals surface area (Å²) in [5.74, 6) is 0. The van der Waals surface area contributed by atoms with Gasteiger partial charge in [-0.25, -0.2) is 0 Å². The van der Waals surface area contributed by atoms with Crippen LogP contribution in [0.2, 0.25) is 0 Å². The predicted molar refractivity (Wildman–Crippen MR) is 59.2 cm³/mol. The molecule has 1 aromatic heterocycles. The number of methoxy groups -OCH3 is 1. The van der Waals surface area contributed by atoms with Gasteiger partial charge >= 0.3 is 0 Å². The van der Waals surface area contributed by atoms with Crippen molar-refractivity contribution in [3.05, 3.63) is 33.6 Å². The number of pyridine rings is 1. The molecule has 0 saturated carbocycles. The molecule has 1 atom stereocenters. The summed E-state index contributed by atoms with van der Waals surface area (Å²) < 4.78 is 4.91. The molecule has 0 bridgehead atoms. The number of nitro groups is 1. The fourth-order valence-corrected chi connectivity index (χ4v) is 1.45. The van der Waals surface area contributed by atoms with Crippen molar-refractivity contribution in [2.75, 3.05) is 13.7 Å². The van der Waals surface area contributed by atoms with Gasteiger partial charge in [0.25, 0.3) is 5.69 Å². The highest BCUT2D eigenvalue weighted by Crippen LogP contribution is 2.15. The zero-order chi connectivity index (χ0) is 12.1. The van der Waals surface area contributed by atoms with Gasteiger partial charge in [-0.2, -0.15) is 0 Å². The minimum absolute atomic E-state index is 0.0315. The van der Waals surface area contributed by atoms with Crippen molar-refractivity contribution in [2.45, 2.75) is 19.4 Å². The van der Waals surface area contributed by atoms with E-state index in [4.69, 9.17) is 10.5 Å². The van der Waals surface area contributed by atoms with Gasteiger partial charge in [0.1, 0.15) is 5.69 Å². The maximum Gasteiger partial charge on any atom is 0.290 e. The highest BCUT2D eigenvalue weighted by Gasteiger charge is 2.13. The molecule has 0 saturated heterocycles. The summed E-state index contributed by atoms with van der Waals surface area (Å²) in [5, 5.41) is 10.6. The third-order valence-electron chi connectivity index (χ3n) is 2.16. The Labute approximate surface area is 93.6 Å². The number of nitrogens with two attached hydrogens (primary N) is 1. The fraction of sp³-hybridized carbons (Fsp3) is 0.500. The van der Waals surface area contributed by atoms with Gasteiger partial charge in [-0.15, -0.1) is 0 Å². The molecule has 0 aliphatic rings. The second kappa shape index (κ2) is 5.53. The molecule has 88 valence electrons. The molecule has 1 rings (SSSR count). The molecule has 1 aromatic rings. The Bertz CT molecular complexity index is 382. The highest BCUT2D eigenvalue weighted by molar-refractivity contribution is 5.35. The summed E-state index contributed by atoms with van der Waals surface area (Å²) in [6, 6.07) is 2.94. The molecule has 1 unspecified atom stereocenters. The third kappa shape index (κ3) is 3.25. The normalized spacial score (nSPS) is 12.4. The molecule has 16 heavy (non-hydrogen) atoms. The molecule has 2 N–H and O–H groups in total. The summed E-state index contributed by atoms with van der Waals surface area (Å²) >= 11 is 0. The molecule has 0 spiro atoms. The van der Waals surface area contributed by atoms with Crippen LogP contribution in [0.15, 0.2) is 12.1 Å². The Morgan fingerprint density at radius 1 is 1.62 bits per heavy atom. The molecule has 0 radical (unpaired) electrons. The van der Waals surface area contributed by atoms with Gasteiger partial charge in [0.2, 0.25) is 0 Å². The minimum Gasteiger partial charge on any atom is -0.383 e. The molecule has 6 nitrogen and oxygen atoms in total. The molecule has 0 fully saturated rings. The van der Waals surface area contributed by atoms with Crippen LogP contribution in [0.1, 0.15) is 11.4 Å². The summed E-state index contributed by atoms with van der Waals surface area (Å²) in [6.07, 6.45) is 0.548. The van der Waals surface area contributed by atoms with Crippen LogP contribution >= 0.6 is 0 Å². The Balaban J connectivity index is 2.77. The van der Waals surface area contributed by atoms with E-state index in [0.717, 1.165) is 5.69 Å². The second-order valence-corrected chi connectivity index (χ2v) is 3.58. The number of hydrogen-bond acceptors (Lipinski definition) is 5. The van der Waals surface area contributed by atoms with Crippen LogP contribution in [-0.4, -0.2) is 29.7 Å². The van der Waals surface area contributed by atoms with Gasteiger partial charge in [0, 0.05) is 31.3 Å². The van der Waals surface area contributed by atoms with Crippen LogP contribution in [0, 0.1) is 17.0 Å². The molecule has 6 heteroatoms. The molecule has 0 aliphatic heterocycles. The number of hydrogen-bond donors (Lipinski definition) is 1. The zero-order valence-corrected chi connectivity index (χ0v) is 9.34. The van der Waals surface area contributed by atoms with Gasteiger partial charge in [-0.1, -0.05) is 0 Å². The lowest BCUT2D eigenvalue weighted by Gasteiger charge is -2.09. The average molecular weight is 225 g/mol. The number of ether oxygens (including phenoxy) is 1. The first-order valence-corrected chi connectivity index (χ1v) is 4.90. The van der Waals surface area contributed by atoms with Gasteiger partial charge in [0.05, 0.1) is 11.5 Å². The fourth-order valence-electron chi connectivity index (χ4n) is 1.45. The molecular formula is C10H15N3O3. The highest BCUT2D eigenvalue weighted by atomic mass is 16.6. The van der Waals surface area contributed by atoms with Crippen molar-refractivity contribution in [3.8, 4) is 0 Å². The summed E-state index contributed by atoms with van der Waals surface area (Å²) in [6.45, 7) is 2.06. The first-order chi connectivity index (χ1) is 7.54. The zero-order valence-electron chi connectivity index (χ0n) is 9.34. The van der Waals surface area contributed by atoms with Crippen molar-refractivity contribution in [1.29, 1.82) is 0 Å². The summed E-state index contributed by atoms with van der Waals surface area (Å²) in [4.78, 5) is 14.3. The number of aromatic nitrogens is 1. The van der Waals surface area contributed by atoms with Crippen molar-refractivity contribution in [1.82, 2.24) is 4.98 Å². The second-order valence-electron chi connectivity index (χ2n) is 3.58. The topological polar surface area (TPSA) is 91.3 Å². The maximum absolute atomic E-state index is 10.6. The van der Waals surface area contributed by atoms with Crippen molar-refractivity contribution in [2.24, 2.45) is 5.73 Å². The smallest absolute Gasteiger partial charge is 0.290 e. The Hall–Kier alpha value is -1.53. The first-order valence-electron chi connectivity index (χ1n) is 4.90. The maximum atomic E-state index is 10.6. The van der Waals surface area contributed by atoms with E-state index in [0.29, 0.717) is 18.7 Å². The number of rotatable bonds is 5. The van der Waals surface area contributed by atoms with Gasteiger partial charge in [-0.05, 0) is 13.0 Å². The molecular weight excluding hydrogens is 210 g/mol. The molecule has 1 heterocycles. The van der Waals surface area contributed by atoms with E-state index in [9.17, 15) is 10.1 Å². The van der Waals surface area contributed by atoms with Crippen molar-refractivity contribution >= 4 is 5.69 Å². The van der Waals surface area contributed by atoms with E-state index < -0.39 is 4.92 Å². The SMILES string of the molecule is COCC(N)Cc1ccc([N+](=O)[O-])c(C)n1. The predicted octanol–water partition coefficient (Wildman–Crippen LogP) is 0.814. The van der Waals surface area contributed by atoms with E-state index in [2.05, 4.69) is 4.98 Å². The lowest BCUT2D eigenvalue weighted by atomic mass is 10.1. The number of nitrogens with zero attached hydrogens (tertiary/aromatic N) is 2. The molecule has 0 aromatic carbocycles. The quantitative estimate of drug-likeness (QED) is 0.591. The monoisotopic (exact) mass is 225 g/mol. The molecule has 0 aliphatic carbocycles. The third-order valence-corrected chi connectivity index (χ3v) is 2.16. The standard InChI is InChI=1S/C10H15N3O3/c1-7-10(13(14)15)4-3-9(12-7)5-8(11)6-16-2/h3-4,8H,5-6,11H2,1-2H3. The lowest BCUT2D eigenvalue weighted by molar-refractivity contribution is -0.385. The lowest BCUT2D eigenvalue weighted by Crippen LogP contribution is -2.28. The van der Waals surface area contributed by atoms with Crippen LogP contribution in [-0.2, 0) is 11.2 Å². The van der Waals surface area contributed by atoms with E-state index in [-0.39, 0.29) is 11.7 Å². The van der Waals surface area contributed by atoms with Crippen molar-refractivity contribution < 1.29 is 9.66 Å². The Morgan fingerprint density at radius 3 is 2.81 bits per heavy atom. The largest absolute Gasteiger partial charge is 0.383 e. The van der Waals surface area contributed by atoms with Crippen molar-refractivity contribution in [3.63, 3.8) is 0 Å². The number of aryl methyl sites for hydroxylation is 1. The van der Waals surface area contributed by atoms with Crippen LogP contribution in [0.5, 0.6) is 0 Å². The summed E-state index contributed by atoms with van der Waals surface area (Å²) in [5.41, 5.74) is 6.95. The average Bonchev–Trinajstić information content (AvgIpc) is 2.17. The van der Waals surface area contributed by atoms with E-state index in [1.165, 1.54) is 6.07 Å². The molecule has 0 amide bonds. The summed E-state index contributed by atoms with van der Waals surface area (Å²) in [7, 11) is 1.58. The van der Waals surface area contributed by atoms with Crippen LogP contribution < -0.4 is 5.73 Å². The van der Waals surface area contributed by atoms with Crippen LogP contribution in [0.4, 0.5) is 5.69 Å². The van der Waals surface area contributed by atoms with E-state index in [1.807, 2.05) is 0 Å².